The summed E-state index contributed by atoms with van der Waals surface area (Å²) >= 11 is 0. The lowest BCUT2D eigenvalue weighted by Crippen LogP contribution is -2.34. The van der Waals surface area contributed by atoms with Gasteiger partial charge < -0.3 is 10.1 Å². The summed E-state index contributed by atoms with van der Waals surface area (Å²) in [6.07, 6.45) is 3.72. The van der Waals surface area contributed by atoms with E-state index in [-0.39, 0.29) is 42.5 Å². The first-order valence-electron chi connectivity index (χ1n) is 8.98. The molecule has 6 nitrogen and oxygen atoms in total. The number of carbonyl (C=O) groups is 3. The second-order valence-electron chi connectivity index (χ2n) is 6.58. The van der Waals surface area contributed by atoms with E-state index in [1.165, 1.54) is 4.90 Å². The maximum Gasteiger partial charge on any atom is 0.233 e. The number of benzene rings is 1. The summed E-state index contributed by atoms with van der Waals surface area (Å²) < 4.78 is 5.36. The molecule has 0 bridgehead atoms. The first-order valence-corrected chi connectivity index (χ1v) is 8.98. The largest absolute Gasteiger partial charge is 0.494 e. The van der Waals surface area contributed by atoms with E-state index in [0.717, 1.165) is 31.4 Å². The minimum absolute atomic E-state index is 0.0939. The van der Waals surface area contributed by atoms with Gasteiger partial charge in [-0.1, -0.05) is 12.8 Å². The Morgan fingerprint density at radius 1 is 1.12 bits per heavy atom. The lowest BCUT2D eigenvalue weighted by atomic mass is 9.81. The molecule has 0 spiro atoms. The zero-order valence-electron chi connectivity index (χ0n) is 14.5. The molecule has 1 N–H and O–H groups in total. The van der Waals surface area contributed by atoms with Crippen molar-refractivity contribution in [2.45, 2.75) is 39.0 Å². The van der Waals surface area contributed by atoms with E-state index in [1.807, 2.05) is 6.92 Å². The highest BCUT2D eigenvalue weighted by Crippen LogP contribution is 2.37. The number of likely N-dealkylation sites (tertiary alicyclic amines) is 1. The SMILES string of the molecule is CCOc1ccc(NC(=O)CCN2C(=O)[C@H]3CCCC[C@@H]3C2=O)cc1. The van der Waals surface area contributed by atoms with Gasteiger partial charge in [-0.2, -0.15) is 0 Å². The van der Waals surface area contributed by atoms with Crippen molar-refractivity contribution in [3.8, 4) is 5.75 Å². The van der Waals surface area contributed by atoms with E-state index in [0.29, 0.717) is 12.3 Å². The highest BCUT2D eigenvalue weighted by atomic mass is 16.5. The molecule has 0 unspecified atom stereocenters. The third-order valence-electron chi connectivity index (χ3n) is 4.94. The maximum absolute atomic E-state index is 12.4. The van der Waals surface area contributed by atoms with Gasteiger partial charge in [-0.3, -0.25) is 19.3 Å². The summed E-state index contributed by atoms with van der Waals surface area (Å²) in [5, 5.41) is 2.78. The van der Waals surface area contributed by atoms with E-state index in [2.05, 4.69) is 5.32 Å². The highest BCUT2D eigenvalue weighted by molar-refractivity contribution is 6.05. The van der Waals surface area contributed by atoms with Crippen molar-refractivity contribution in [2.75, 3.05) is 18.5 Å². The van der Waals surface area contributed by atoms with Crippen LogP contribution in [0.25, 0.3) is 0 Å². The molecule has 1 saturated carbocycles. The number of hydrogen-bond acceptors (Lipinski definition) is 4. The molecule has 134 valence electrons. The van der Waals surface area contributed by atoms with Crippen molar-refractivity contribution in [3.05, 3.63) is 24.3 Å². The Kier molecular flexibility index (Phi) is 5.36. The Morgan fingerprint density at radius 3 is 2.28 bits per heavy atom. The third kappa shape index (κ3) is 3.83. The molecule has 3 rings (SSSR count). The van der Waals surface area contributed by atoms with E-state index in [1.54, 1.807) is 24.3 Å². The predicted octanol–water partition coefficient (Wildman–Crippen LogP) is 2.59. The first-order chi connectivity index (χ1) is 12.1. The molecule has 1 saturated heterocycles. The highest BCUT2D eigenvalue weighted by Gasteiger charge is 2.47. The standard InChI is InChI=1S/C19H24N2O4/c1-2-25-14-9-7-13(8-10-14)20-17(22)11-12-21-18(23)15-5-3-4-6-16(15)19(21)24/h7-10,15-16H,2-6,11-12H2,1H3,(H,20,22)/t15-,16-/m0/s1. The van der Waals surface area contributed by atoms with Crippen LogP contribution in [0.15, 0.2) is 24.3 Å². The van der Waals surface area contributed by atoms with Crippen LogP contribution in [0.1, 0.15) is 39.0 Å². The quantitative estimate of drug-likeness (QED) is 0.805. The first kappa shape index (κ1) is 17.5. The van der Waals surface area contributed by atoms with Gasteiger partial charge in [0.2, 0.25) is 17.7 Å². The number of amides is 3. The smallest absolute Gasteiger partial charge is 0.233 e. The fraction of sp³-hybridized carbons (Fsp3) is 0.526. The molecule has 2 fully saturated rings. The molecule has 0 aromatic heterocycles. The summed E-state index contributed by atoms with van der Waals surface area (Å²) in [4.78, 5) is 38.2. The number of hydrogen-bond donors (Lipinski definition) is 1. The molecule has 1 aliphatic carbocycles. The van der Waals surface area contributed by atoms with Crippen molar-refractivity contribution < 1.29 is 19.1 Å². The van der Waals surface area contributed by atoms with Crippen molar-refractivity contribution >= 4 is 23.4 Å². The molecule has 1 heterocycles. The summed E-state index contributed by atoms with van der Waals surface area (Å²) in [6, 6.07) is 7.11. The number of imide groups is 1. The molecular weight excluding hydrogens is 320 g/mol. The molecule has 6 heteroatoms. The summed E-state index contributed by atoms with van der Waals surface area (Å²) in [6.45, 7) is 2.66. The van der Waals surface area contributed by atoms with Crippen LogP contribution in [-0.4, -0.2) is 35.8 Å². The van der Waals surface area contributed by atoms with E-state index in [9.17, 15) is 14.4 Å². The van der Waals surface area contributed by atoms with Gasteiger partial charge in [0.1, 0.15) is 5.75 Å². The minimum atomic E-state index is -0.209. The van der Waals surface area contributed by atoms with E-state index in [4.69, 9.17) is 4.74 Å². The number of fused-ring (bicyclic) bond motifs is 1. The Hall–Kier alpha value is -2.37. The monoisotopic (exact) mass is 344 g/mol. The number of anilines is 1. The average molecular weight is 344 g/mol. The van der Waals surface area contributed by atoms with Crippen LogP contribution in [0.2, 0.25) is 0 Å². The molecule has 25 heavy (non-hydrogen) atoms. The van der Waals surface area contributed by atoms with Crippen LogP contribution in [0.5, 0.6) is 5.75 Å². The van der Waals surface area contributed by atoms with Crippen LogP contribution in [-0.2, 0) is 14.4 Å². The van der Waals surface area contributed by atoms with E-state index >= 15 is 0 Å². The molecule has 0 radical (unpaired) electrons. The van der Waals surface area contributed by atoms with Gasteiger partial charge in [-0.15, -0.1) is 0 Å². The number of ether oxygens (including phenoxy) is 1. The van der Waals surface area contributed by atoms with Gasteiger partial charge in [0.05, 0.1) is 18.4 Å². The predicted molar refractivity (Wildman–Crippen MR) is 93.0 cm³/mol. The van der Waals surface area contributed by atoms with Crippen molar-refractivity contribution in [1.29, 1.82) is 0 Å². The fourth-order valence-electron chi connectivity index (χ4n) is 3.69. The Morgan fingerprint density at radius 2 is 1.72 bits per heavy atom. The van der Waals surface area contributed by atoms with Gasteiger partial charge in [0, 0.05) is 18.7 Å². The maximum atomic E-state index is 12.4. The van der Waals surface area contributed by atoms with Gasteiger partial charge in [0.25, 0.3) is 0 Å². The van der Waals surface area contributed by atoms with Crippen LogP contribution >= 0.6 is 0 Å². The lowest BCUT2D eigenvalue weighted by molar-refractivity contribution is -0.140. The third-order valence-corrected chi connectivity index (χ3v) is 4.94. The topological polar surface area (TPSA) is 75.7 Å². The van der Waals surface area contributed by atoms with Crippen LogP contribution in [0.3, 0.4) is 0 Å². The number of carbonyl (C=O) groups excluding carboxylic acids is 3. The molecular formula is C19H24N2O4. The van der Waals surface area contributed by atoms with Crippen molar-refractivity contribution in [1.82, 2.24) is 4.90 Å². The zero-order valence-corrected chi connectivity index (χ0v) is 14.5. The van der Waals surface area contributed by atoms with Gasteiger partial charge in [0.15, 0.2) is 0 Å². The van der Waals surface area contributed by atoms with Gasteiger partial charge in [-0.05, 0) is 44.0 Å². The average Bonchev–Trinajstić information content (AvgIpc) is 2.86. The lowest BCUT2D eigenvalue weighted by Gasteiger charge is -2.19. The molecule has 3 amide bonds. The molecule has 1 aromatic rings. The van der Waals surface area contributed by atoms with Crippen LogP contribution in [0, 0.1) is 11.8 Å². The fourth-order valence-corrected chi connectivity index (χ4v) is 3.69. The zero-order chi connectivity index (χ0) is 17.8. The van der Waals surface area contributed by atoms with Crippen molar-refractivity contribution in [3.63, 3.8) is 0 Å². The summed E-state index contributed by atoms with van der Waals surface area (Å²) in [7, 11) is 0. The molecule has 2 atom stereocenters. The number of nitrogens with zero attached hydrogens (tertiary/aromatic N) is 1. The Bertz CT molecular complexity index is 632. The second-order valence-corrected chi connectivity index (χ2v) is 6.58. The Balaban J connectivity index is 1.52. The van der Waals surface area contributed by atoms with Crippen LogP contribution in [0.4, 0.5) is 5.69 Å². The van der Waals surface area contributed by atoms with Gasteiger partial charge >= 0.3 is 0 Å². The molecule has 1 aliphatic heterocycles. The van der Waals surface area contributed by atoms with E-state index < -0.39 is 0 Å². The van der Waals surface area contributed by atoms with Crippen molar-refractivity contribution in [2.24, 2.45) is 11.8 Å². The second kappa shape index (κ2) is 7.68. The summed E-state index contributed by atoms with van der Waals surface area (Å²) in [5.74, 6) is 0.0361. The molecule has 2 aliphatic rings. The molecule has 1 aromatic carbocycles. The van der Waals surface area contributed by atoms with Gasteiger partial charge in [-0.25, -0.2) is 0 Å². The Labute approximate surface area is 147 Å². The normalized spacial score (nSPS) is 22.7. The summed E-state index contributed by atoms with van der Waals surface area (Å²) in [5.41, 5.74) is 0.668. The minimum Gasteiger partial charge on any atom is -0.494 e. The van der Waals surface area contributed by atoms with Crippen LogP contribution < -0.4 is 10.1 Å². The number of nitrogens with one attached hydrogen (secondary N) is 1. The number of rotatable bonds is 6.